The lowest BCUT2D eigenvalue weighted by atomic mass is 10.0. The van der Waals surface area contributed by atoms with Crippen LogP contribution in [-0.4, -0.2) is 20.3 Å². The fraction of sp³-hybridized carbons (Fsp3) is 0.250. The summed E-state index contributed by atoms with van der Waals surface area (Å²) in [5, 5.41) is 1.12. The molecule has 2 rings (SSSR count). The number of ether oxygens (including phenoxy) is 2. The SMILES string of the molecule is COCCOc1cccc(-c2cc(Cl)c(Cl)cc2C)c1. The second-order valence-corrected chi connectivity index (χ2v) is 5.26. The van der Waals surface area contributed by atoms with Gasteiger partial charge in [-0.1, -0.05) is 35.3 Å². The molecule has 0 aliphatic heterocycles. The summed E-state index contributed by atoms with van der Waals surface area (Å²) in [6, 6.07) is 11.6. The molecule has 0 heterocycles. The number of hydrogen-bond donors (Lipinski definition) is 0. The highest BCUT2D eigenvalue weighted by atomic mass is 35.5. The molecule has 0 bridgehead atoms. The number of aryl methyl sites for hydroxylation is 1. The lowest BCUT2D eigenvalue weighted by Gasteiger charge is -2.11. The molecule has 2 nitrogen and oxygen atoms in total. The smallest absolute Gasteiger partial charge is 0.120 e. The van der Waals surface area contributed by atoms with Crippen LogP contribution in [0.5, 0.6) is 5.75 Å². The molecule has 0 aliphatic carbocycles. The van der Waals surface area contributed by atoms with Gasteiger partial charge in [-0.05, 0) is 47.9 Å². The maximum atomic E-state index is 6.10. The van der Waals surface area contributed by atoms with Gasteiger partial charge in [0.2, 0.25) is 0 Å². The summed E-state index contributed by atoms with van der Waals surface area (Å²) in [6.45, 7) is 3.10. The van der Waals surface area contributed by atoms with E-state index in [1.165, 1.54) is 0 Å². The molecule has 4 heteroatoms. The van der Waals surface area contributed by atoms with Gasteiger partial charge >= 0.3 is 0 Å². The van der Waals surface area contributed by atoms with Gasteiger partial charge in [-0.15, -0.1) is 0 Å². The van der Waals surface area contributed by atoms with Crippen molar-refractivity contribution in [2.75, 3.05) is 20.3 Å². The Hall–Kier alpha value is -1.22. The monoisotopic (exact) mass is 310 g/mol. The molecular formula is C16H16Cl2O2. The first-order valence-electron chi connectivity index (χ1n) is 6.29. The molecule has 0 aliphatic rings. The van der Waals surface area contributed by atoms with Crippen molar-refractivity contribution in [3.05, 3.63) is 52.0 Å². The molecule has 0 fully saturated rings. The molecule has 20 heavy (non-hydrogen) atoms. The van der Waals surface area contributed by atoms with Crippen LogP contribution in [0.25, 0.3) is 11.1 Å². The van der Waals surface area contributed by atoms with Crippen LogP contribution in [0, 0.1) is 6.92 Å². The van der Waals surface area contributed by atoms with Crippen molar-refractivity contribution in [3.63, 3.8) is 0 Å². The van der Waals surface area contributed by atoms with Gasteiger partial charge < -0.3 is 9.47 Å². The van der Waals surface area contributed by atoms with Crippen molar-refractivity contribution in [1.82, 2.24) is 0 Å². The summed E-state index contributed by atoms with van der Waals surface area (Å²) in [5.74, 6) is 0.810. The van der Waals surface area contributed by atoms with E-state index < -0.39 is 0 Å². The van der Waals surface area contributed by atoms with E-state index in [9.17, 15) is 0 Å². The molecule has 106 valence electrons. The van der Waals surface area contributed by atoms with Crippen LogP contribution in [0.3, 0.4) is 0 Å². The average Bonchev–Trinajstić information content (AvgIpc) is 2.43. The van der Waals surface area contributed by atoms with E-state index in [2.05, 4.69) is 0 Å². The van der Waals surface area contributed by atoms with Gasteiger partial charge in [0.1, 0.15) is 12.4 Å². The molecule has 0 saturated heterocycles. The molecule has 0 saturated carbocycles. The summed E-state index contributed by atoms with van der Waals surface area (Å²) in [7, 11) is 1.65. The Morgan fingerprint density at radius 3 is 2.50 bits per heavy atom. The van der Waals surface area contributed by atoms with E-state index in [1.807, 2.05) is 43.3 Å². The third-order valence-corrected chi connectivity index (χ3v) is 3.69. The van der Waals surface area contributed by atoms with E-state index >= 15 is 0 Å². The van der Waals surface area contributed by atoms with Gasteiger partial charge in [-0.25, -0.2) is 0 Å². The number of benzene rings is 2. The minimum atomic E-state index is 0.528. The maximum absolute atomic E-state index is 6.10. The first-order chi connectivity index (χ1) is 9.61. The first kappa shape index (κ1) is 15.2. The maximum Gasteiger partial charge on any atom is 0.120 e. The van der Waals surface area contributed by atoms with Crippen LogP contribution in [0.2, 0.25) is 10.0 Å². The van der Waals surface area contributed by atoms with Crippen LogP contribution >= 0.6 is 23.2 Å². The van der Waals surface area contributed by atoms with E-state index in [0.717, 1.165) is 22.4 Å². The van der Waals surface area contributed by atoms with Crippen molar-refractivity contribution in [3.8, 4) is 16.9 Å². The fourth-order valence-electron chi connectivity index (χ4n) is 1.95. The highest BCUT2D eigenvalue weighted by Gasteiger charge is 2.07. The first-order valence-corrected chi connectivity index (χ1v) is 7.05. The van der Waals surface area contributed by atoms with Gasteiger partial charge in [0.15, 0.2) is 0 Å². The van der Waals surface area contributed by atoms with Gasteiger partial charge in [-0.3, -0.25) is 0 Å². The predicted molar refractivity (Wildman–Crippen MR) is 84.0 cm³/mol. The van der Waals surface area contributed by atoms with Gasteiger partial charge in [0.25, 0.3) is 0 Å². The van der Waals surface area contributed by atoms with Crippen LogP contribution in [-0.2, 0) is 4.74 Å². The van der Waals surface area contributed by atoms with Crippen LogP contribution in [0.1, 0.15) is 5.56 Å². The summed E-state index contributed by atoms with van der Waals surface area (Å²) < 4.78 is 10.6. The Morgan fingerprint density at radius 1 is 1.00 bits per heavy atom. The molecule has 0 N–H and O–H groups in total. The van der Waals surface area contributed by atoms with E-state index in [0.29, 0.717) is 23.3 Å². The highest BCUT2D eigenvalue weighted by molar-refractivity contribution is 6.42. The number of rotatable bonds is 5. The van der Waals surface area contributed by atoms with Gasteiger partial charge in [0.05, 0.1) is 16.7 Å². The quantitative estimate of drug-likeness (QED) is 0.724. The zero-order valence-corrected chi connectivity index (χ0v) is 13.0. The van der Waals surface area contributed by atoms with Crippen LogP contribution in [0.4, 0.5) is 0 Å². The average molecular weight is 311 g/mol. The Kier molecular flexibility index (Phi) is 5.30. The summed E-state index contributed by atoms with van der Waals surface area (Å²) in [6.07, 6.45) is 0. The van der Waals surface area contributed by atoms with E-state index in [-0.39, 0.29) is 0 Å². The van der Waals surface area contributed by atoms with Crippen molar-refractivity contribution in [2.45, 2.75) is 6.92 Å². The second-order valence-electron chi connectivity index (χ2n) is 4.45. The molecule has 2 aromatic carbocycles. The Balaban J connectivity index is 2.29. The lowest BCUT2D eigenvalue weighted by molar-refractivity contribution is 0.146. The molecule has 0 aromatic heterocycles. The number of hydrogen-bond acceptors (Lipinski definition) is 2. The van der Waals surface area contributed by atoms with Gasteiger partial charge in [-0.2, -0.15) is 0 Å². The van der Waals surface area contributed by atoms with Gasteiger partial charge in [0, 0.05) is 7.11 Å². The topological polar surface area (TPSA) is 18.5 Å². The fourth-order valence-corrected chi connectivity index (χ4v) is 2.34. The van der Waals surface area contributed by atoms with Crippen LogP contribution in [0.15, 0.2) is 36.4 Å². The highest BCUT2D eigenvalue weighted by Crippen LogP contribution is 2.33. The molecule has 0 atom stereocenters. The van der Waals surface area contributed by atoms with Crippen molar-refractivity contribution >= 4 is 23.2 Å². The number of methoxy groups -OCH3 is 1. The zero-order chi connectivity index (χ0) is 14.5. The third kappa shape index (κ3) is 3.66. The third-order valence-electron chi connectivity index (χ3n) is 2.97. The van der Waals surface area contributed by atoms with Crippen LogP contribution < -0.4 is 4.74 Å². The molecule has 0 amide bonds. The molecule has 0 radical (unpaired) electrons. The largest absolute Gasteiger partial charge is 0.491 e. The summed E-state index contributed by atoms with van der Waals surface area (Å²) >= 11 is 12.1. The summed E-state index contributed by atoms with van der Waals surface area (Å²) in [5.41, 5.74) is 3.18. The predicted octanol–water partition coefficient (Wildman–Crippen LogP) is 4.99. The standard InChI is InChI=1S/C16H16Cl2O2/c1-11-8-15(17)16(18)10-14(11)12-4-3-5-13(9-12)20-7-6-19-2/h3-5,8-10H,6-7H2,1-2H3. The minimum Gasteiger partial charge on any atom is -0.491 e. The Morgan fingerprint density at radius 2 is 1.75 bits per heavy atom. The van der Waals surface area contributed by atoms with Crippen molar-refractivity contribution in [1.29, 1.82) is 0 Å². The second kappa shape index (κ2) is 6.98. The van der Waals surface area contributed by atoms with E-state index in [1.54, 1.807) is 7.11 Å². The Bertz CT molecular complexity index is 597. The number of halogens is 2. The molecule has 0 spiro atoms. The Labute approximate surface area is 129 Å². The molecular weight excluding hydrogens is 295 g/mol. The van der Waals surface area contributed by atoms with E-state index in [4.69, 9.17) is 32.7 Å². The van der Waals surface area contributed by atoms with Crippen molar-refractivity contribution < 1.29 is 9.47 Å². The minimum absolute atomic E-state index is 0.528. The summed E-state index contributed by atoms with van der Waals surface area (Å²) in [4.78, 5) is 0. The molecule has 2 aromatic rings. The normalized spacial score (nSPS) is 10.6. The zero-order valence-electron chi connectivity index (χ0n) is 11.5. The lowest BCUT2D eigenvalue weighted by Crippen LogP contribution is -2.04. The van der Waals surface area contributed by atoms with Crippen molar-refractivity contribution in [2.24, 2.45) is 0 Å². The molecule has 0 unspecified atom stereocenters.